The standard InChI is InChI=1S/C21H20N2O3S/c1-13(2)22-21-23(16-6-4-5-14(3)9-16)20(24)19(27-21)11-15-7-8-17-18(10-15)26-12-25-17/h4-11,13H,12H2,1-3H3/b19-11-,22-21?. The van der Waals surface area contributed by atoms with Crippen LogP contribution in [0.4, 0.5) is 5.69 Å². The lowest BCUT2D eigenvalue weighted by atomic mass is 10.1. The monoisotopic (exact) mass is 380 g/mol. The predicted molar refractivity (Wildman–Crippen MR) is 109 cm³/mol. The molecule has 0 saturated carbocycles. The van der Waals surface area contributed by atoms with Crippen molar-refractivity contribution in [2.45, 2.75) is 26.8 Å². The molecule has 0 bridgehead atoms. The molecule has 1 amide bonds. The number of rotatable bonds is 3. The smallest absolute Gasteiger partial charge is 0.271 e. The van der Waals surface area contributed by atoms with Gasteiger partial charge in [0.25, 0.3) is 5.91 Å². The number of fused-ring (bicyclic) bond motifs is 1. The van der Waals surface area contributed by atoms with Crippen LogP contribution in [0.2, 0.25) is 0 Å². The summed E-state index contributed by atoms with van der Waals surface area (Å²) in [5.74, 6) is 1.36. The van der Waals surface area contributed by atoms with E-state index < -0.39 is 0 Å². The summed E-state index contributed by atoms with van der Waals surface area (Å²) in [6.07, 6.45) is 1.88. The van der Waals surface area contributed by atoms with Gasteiger partial charge >= 0.3 is 0 Å². The molecule has 0 aliphatic carbocycles. The zero-order valence-corrected chi connectivity index (χ0v) is 16.2. The van der Waals surface area contributed by atoms with Gasteiger partial charge in [-0.15, -0.1) is 0 Å². The van der Waals surface area contributed by atoms with Crippen molar-refractivity contribution in [3.63, 3.8) is 0 Å². The normalized spacial score (nSPS) is 19.0. The molecule has 1 fully saturated rings. The molecule has 138 valence electrons. The maximum Gasteiger partial charge on any atom is 0.271 e. The Labute approximate surface area is 162 Å². The number of carbonyl (C=O) groups excluding carboxylic acids is 1. The van der Waals surface area contributed by atoms with E-state index >= 15 is 0 Å². The molecule has 5 nitrogen and oxygen atoms in total. The van der Waals surface area contributed by atoms with E-state index in [-0.39, 0.29) is 18.7 Å². The van der Waals surface area contributed by atoms with E-state index in [9.17, 15) is 4.79 Å². The van der Waals surface area contributed by atoms with Crippen LogP contribution in [0.1, 0.15) is 25.0 Å². The number of hydrogen-bond donors (Lipinski definition) is 0. The summed E-state index contributed by atoms with van der Waals surface area (Å²) < 4.78 is 10.8. The summed E-state index contributed by atoms with van der Waals surface area (Å²) >= 11 is 1.40. The van der Waals surface area contributed by atoms with Crippen molar-refractivity contribution >= 4 is 34.6 Å². The molecule has 2 aliphatic rings. The second-order valence-corrected chi connectivity index (χ2v) is 7.72. The van der Waals surface area contributed by atoms with Crippen molar-refractivity contribution in [3.05, 3.63) is 58.5 Å². The number of amidine groups is 1. The molecule has 0 spiro atoms. The number of carbonyl (C=O) groups is 1. The first-order valence-corrected chi connectivity index (χ1v) is 9.61. The van der Waals surface area contributed by atoms with Gasteiger partial charge in [0.05, 0.1) is 10.6 Å². The highest BCUT2D eigenvalue weighted by atomic mass is 32.2. The zero-order valence-electron chi connectivity index (χ0n) is 15.4. The summed E-state index contributed by atoms with van der Waals surface area (Å²) in [6, 6.07) is 13.7. The molecular formula is C21H20N2O3S. The Balaban J connectivity index is 1.72. The number of nitrogens with zero attached hydrogens (tertiary/aromatic N) is 2. The Morgan fingerprint density at radius 1 is 1.15 bits per heavy atom. The summed E-state index contributed by atoms with van der Waals surface area (Å²) in [6.45, 7) is 6.26. The molecule has 2 heterocycles. The van der Waals surface area contributed by atoms with Crippen LogP contribution < -0.4 is 14.4 Å². The van der Waals surface area contributed by atoms with Gasteiger partial charge in [-0.2, -0.15) is 0 Å². The minimum absolute atomic E-state index is 0.0670. The van der Waals surface area contributed by atoms with Crippen LogP contribution in [-0.2, 0) is 4.79 Å². The molecule has 4 rings (SSSR count). The number of benzene rings is 2. The van der Waals surface area contributed by atoms with Gasteiger partial charge in [0.2, 0.25) is 6.79 Å². The van der Waals surface area contributed by atoms with E-state index in [2.05, 4.69) is 4.99 Å². The predicted octanol–water partition coefficient (Wildman–Crippen LogP) is 4.61. The largest absolute Gasteiger partial charge is 0.454 e. The zero-order chi connectivity index (χ0) is 19.0. The van der Waals surface area contributed by atoms with Crippen LogP contribution >= 0.6 is 11.8 Å². The molecule has 0 radical (unpaired) electrons. The van der Waals surface area contributed by atoms with Crippen molar-refractivity contribution in [2.75, 3.05) is 11.7 Å². The molecule has 2 aromatic carbocycles. The molecular weight excluding hydrogens is 360 g/mol. The maximum atomic E-state index is 13.1. The molecule has 27 heavy (non-hydrogen) atoms. The molecule has 0 atom stereocenters. The SMILES string of the molecule is Cc1cccc(N2C(=O)/C(=C/c3ccc4c(c3)OCO4)SC2=NC(C)C)c1. The van der Waals surface area contributed by atoms with Gasteiger partial charge in [-0.1, -0.05) is 18.2 Å². The van der Waals surface area contributed by atoms with Gasteiger partial charge in [0, 0.05) is 6.04 Å². The van der Waals surface area contributed by atoms with Gasteiger partial charge < -0.3 is 9.47 Å². The highest BCUT2D eigenvalue weighted by molar-refractivity contribution is 8.19. The van der Waals surface area contributed by atoms with Gasteiger partial charge in [-0.3, -0.25) is 14.7 Å². The van der Waals surface area contributed by atoms with E-state index in [0.29, 0.717) is 15.8 Å². The first kappa shape index (κ1) is 17.7. The third-order valence-corrected chi connectivity index (χ3v) is 5.11. The second-order valence-electron chi connectivity index (χ2n) is 6.71. The van der Waals surface area contributed by atoms with Crippen LogP contribution in [0.15, 0.2) is 52.4 Å². The van der Waals surface area contributed by atoms with Crippen molar-refractivity contribution in [1.82, 2.24) is 0 Å². The third kappa shape index (κ3) is 3.57. The van der Waals surface area contributed by atoms with Crippen LogP contribution in [0.25, 0.3) is 6.08 Å². The summed E-state index contributed by atoms with van der Waals surface area (Å²) in [5.41, 5.74) is 2.83. The number of anilines is 1. The van der Waals surface area contributed by atoms with Gasteiger partial charge in [-0.25, -0.2) is 0 Å². The fourth-order valence-electron chi connectivity index (χ4n) is 2.93. The maximum absolute atomic E-state index is 13.1. The van der Waals surface area contributed by atoms with E-state index in [4.69, 9.17) is 9.47 Å². The van der Waals surface area contributed by atoms with Crippen molar-refractivity contribution < 1.29 is 14.3 Å². The molecule has 0 N–H and O–H groups in total. The van der Waals surface area contributed by atoms with Crippen LogP contribution in [0, 0.1) is 6.92 Å². The van der Waals surface area contributed by atoms with E-state index in [1.165, 1.54) is 11.8 Å². The van der Waals surface area contributed by atoms with Crippen LogP contribution in [-0.4, -0.2) is 23.9 Å². The number of hydrogen-bond acceptors (Lipinski definition) is 5. The van der Waals surface area contributed by atoms with Crippen LogP contribution in [0.3, 0.4) is 0 Å². The Hall–Kier alpha value is -2.73. The highest BCUT2D eigenvalue weighted by Gasteiger charge is 2.34. The average molecular weight is 380 g/mol. The topological polar surface area (TPSA) is 51.1 Å². The van der Waals surface area contributed by atoms with E-state index in [1.807, 2.05) is 69.3 Å². The lowest BCUT2D eigenvalue weighted by Crippen LogP contribution is -2.29. The summed E-state index contributed by atoms with van der Waals surface area (Å²) in [5, 5.41) is 0.701. The first-order valence-electron chi connectivity index (χ1n) is 8.79. The Morgan fingerprint density at radius 3 is 2.74 bits per heavy atom. The third-order valence-electron chi connectivity index (χ3n) is 4.13. The quantitative estimate of drug-likeness (QED) is 0.730. The number of thioether (sulfide) groups is 1. The minimum Gasteiger partial charge on any atom is -0.454 e. The molecule has 0 unspecified atom stereocenters. The number of ether oxygens (including phenoxy) is 2. The van der Waals surface area contributed by atoms with E-state index in [0.717, 1.165) is 22.6 Å². The van der Waals surface area contributed by atoms with Gasteiger partial charge in [0.15, 0.2) is 16.7 Å². The fourth-order valence-corrected chi connectivity index (χ4v) is 4.04. The summed E-state index contributed by atoms with van der Waals surface area (Å²) in [7, 11) is 0. The van der Waals surface area contributed by atoms with Gasteiger partial charge in [-0.05, 0) is 74.0 Å². The lowest BCUT2D eigenvalue weighted by Gasteiger charge is -2.16. The molecule has 2 aromatic rings. The summed E-state index contributed by atoms with van der Waals surface area (Å²) in [4.78, 5) is 20.1. The Bertz CT molecular complexity index is 966. The van der Waals surface area contributed by atoms with Gasteiger partial charge in [0.1, 0.15) is 0 Å². The first-order chi connectivity index (χ1) is 13.0. The molecule has 2 aliphatic heterocycles. The lowest BCUT2D eigenvalue weighted by molar-refractivity contribution is -0.113. The van der Waals surface area contributed by atoms with Crippen LogP contribution in [0.5, 0.6) is 11.5 Å². The molecule has 0 aromatic heterocycles. The fraction of sp³-hybridized carbons (Fsp3) is 0.238. The number of amides is 1. The highest BCUT2D eigenvalue weighted by Crippen LogP contribution is 2.38. The second kappa shape index (κ2) is 7.12. The van der Waals surface area contributed by atoms with Crippen molar-refractivity contribution in [3.8, 4) is 11.5 Å². The number of aliphatic imine (C=N–C) groups is 1. The van der Waals surface area contributed by atoms with E-state index in [1.54, 1.807) is 4.90 Å². The van der Waals surface area contributed by atoms with Crippen molar-refractivity contribution in [2.24, 2.45) is 4.99 Å². The molecule has 6 heteroatoms. The number of aryl methyl sites for hydroxylation is 1. The minimum atomic E-state index is -0.0670. The Kier molecular flexibility index (Phi) is 4.66. The average Bonchev–Trinajstić information content (AvgIpc) is 3.19. The molecule has 1 saturated heterocycles. The van der Waals surface area contributed by atoms with Crippen molar-refractivity contribution in [1.29, 1.82) is 0 Å². The Morgan fingerprint density at radius 2 is 1.96 bits per heavy atom.